The monoisotopic (exact) mass is 442 g/mol. The summed E-state index contributed by atoms with van der Waals surface area (Å²) in [6.45, 7) is 1.86. The first-order valence-corrected chi connectivity index (χ1v) is 10.4. The molecule has 1 heterocycles. The third kappa shape index (κ3) is 4.98. The largest absolute Gasteiger partial charge is 0.338 e. The smallest absolute Gasteiger partial charge is 0.255 e. The van der Waals surface area contributed by atoms with Crippen molar-refractivity contribution in [3.8, 4) is 0 Å². The molecule has 0 bridgehead atoms. The van der Waals surface area contributed by atoms with Crippen LogP contribution in [0.3, 0.4) is 0 Å². The average Bonchev–Trinajstić information content (AvgIpc) is 3.25. The van der Waals surface area contributed by atoms with E-state index in [0.717, 1.165) is 5.56 Å². The van der Waals surface area contributed by atoms with Gasteiger partial charge in [0.2, 0.25) is 0 Å². The molecule has 0 spiro atoms. The number of anilines is 1. The second-order valence-corrected chi connectivity index (χ2v) is 7.70. The number of aryl methyl sites for hydroxylation is 2. The Morgan fingerprint density at radius 3 is 2.33 bits per heavy atom. The molecule has 33 heavy (non-hydrogen) atoms. The van der Waals surface area contributed by atoms with Crippen LogP contribution in [0.15, 0.2) is 85.2 Å². The molecule has 1 aromatic heterocycles. The Morgan fingerprint density at radius 2 is 1.67 bits per heavy atom. The fourth-order valence-electron chi connectivity index (χ4n) is 3.50. The van der Waals surface area contributed by atoms with Crippen LogP contribution in [0.4, 0.5) is 10.1 Å². The lowest BCUT2D eigenvalue weighted by molar-refractivity contribution is 0.0940. The molecule has 2 amide bonds. The Balaban J connectivity index is 1.60. The molecule has 4 rings (SSSR count). The van der Waals surface area contributed by atoms with Gasteiger partial charge in [-0.15, -0.1) is 0 Å². The number of carbonyl (C=O) groups is 2. The number of carbonyl (C=O) groups excluding carboxylic acids is 2. The van der Waals surface area contributed by atoms with Gasteiger partial charge in [-0.05, 0) is 54.4 Å². The summed E-state index contributed by atoms with van der Waals surface area (Å²) in [5.41, 5.74) is 2.98. The molecule has 3 aromatic carbocycles. The zero-order chi connectivity index (χ0) is 23.4. The summed E-state index contributed by atoms with van der Waals surface area (Å²) in [5.74, 6) is -0.350. The Bertz CT molecular complexity index is 1280. The van der Waals surface area contributed by atoms with E-state index in [1.54, 1.807) is 71.6 Å². The van der Waals surface area contributed by atoms with E-state index >= 15 is 0 Å². The van der Waals surface area contributed by atoms with E-state index in [9.17, 15) is 14.0 Å². The molecule has 0 aliphatic carbocycles. The van der Waals surface area contributed by atoms with Crippen molar-refractivity contribution in [3.05, 3.63) is 119 Å². The normalized spacial score (nSPS) is 11.6. The third-order valence-corrected chi connectivity index (χ3v) is 5.38. The first-order valence-electron chi connectivity index (χ1n) is 10.4. The van der Waals surface area contributed by atoms with E-state index in [0.29, 0.717) is 28.2 Å². The van der Waals surface area contributed by atoms with Gasteiger partial charge in [0.05, 0.1) is 0 Å². The maximum Gasteiger partial charge on any atom is 0.255 e. The Hall–Kier alpha value is -4.26. The van der Waals surface area contributed by atoms with Crippen molar-refractivity contribution in [2.24, 2.45) is 7.05 Å². The summed E-state index contributed by atoms with van der Waals surface area (Å²) in [5, 5.41) is 5.86. The van der Waals surface area contributed by atoms with Crippen LogP contribution in [0.5, 0.6) is 0 Å². The first kappa shape index (κ1) is 22.0. The van der Waals surface area contributed by atoms with Gasteiger partial charge >= 0.3 is 0 Å². The number of nitrogens with zero attached hydrogens (tertiary/aromatic N) is 2. The molecular formula is C26H23FN4O2. The van der Waals surface area contributed by atoms with Crippen molar-refractivity contribution in [2.45, 2.75) is 13.0 Å². The van der Waals surface area contributed by atoms with Crippen molar-refractivity contribution in [1.29, 1.82) is 0 Å². The topological polar surface area (TPSA) is 76.0 Å². The highest BCUT2D eigenvalue weighted by Crippen LogP contribution is 2.23. The van der Waals surface area contributed by atoms with E-state index < -0.39 is 6.04 Å². The molecule has 0 saturated carbocycles. The van der Waals surface area contributed by atoms with Crippen molar-refractivity contribution in [1.82, 2.24) is 14.9 Å². The van der Waals surface area contributed by atoms with Gasteiger partial charge in [-0.2, -0.15) is 0 Å². The molecular weight excluding hydrogens is 419 g/mol. The van der Waals surface area contributed by atoms with Crippen LogP contribution >= 0.6 is 0 Å². The highest BCUT2D eigenvalue weighted by molar-refractivity contribution is 6.05. The van der Waals surface area contributed by atoms with Crippen LogP contribution in [0, 0.1) is 12.7 Å². The zero-order valence-electron chi connectivity index (χ0n) is 18.2. The zero-order valence-corrected chi connectivity index (χ0v) is 18.2. The highest BCUT2D eigenvalue weighted by Gasteiger charge is 2.22. The minimum atomic E-state index is -0.582. The van der Waals surface area contributed by atoms with E-state index in [2.05, 4.69) is 15.6 Å². The number of hydrogen-bond acceptors (Lipinski definition) is 3. The van der Waals surface area contributed by atoms with Gasteiger partial charge in [0, 0.05) is 36.3 Å². The molecule has 2 N–H and O–H groups in total. The van der Waals surface area contributed by atoms with Gasteiger partial charge in [0.15, 0.2) is 0 Å². The van der Waals surface area contributed by atoms with Crippen molar-refractivity contribution in [2.75, 3.05) is 5.32 Å². The van der Waals surface area contributed by atoms with Crippen LogP contribution in [0.25, 0.3) is 0 Å². The maximum absolute atomic E-state index is 13.5. The molecule has 6 nitrogen and oxygen atoms in total. The number of imidazole rings is 1. The molecule has 1 atom stereocenters. The number of halogens is 1. The number of hydrogen-bond donors (Lipinski definition) is 2. The van der Waals surface area contributed by atoms with Gasteiger partial charge < -0.3 is 15.2 Å². The van der Waals surface area contributed by atoms with Crippen LogP contribution < -0.4 is 10.6 Å². The number of benzene rings is 3. The van der Waals surface area contributed by atoms with Crippen molar-refractivity contribution in [3.63, 3.8) is 0 Å². The summed E-state index contributed by atoms with van der Waals surface area (Å²) in [7, 11) is 1.83. The van der Waals surface area contributed by atoms with Crippen LogP contribution in [-0.2, 0) is 7.05 Å². The van der Waals surface area contributed by atoms with Gasteiger partial charge in [0.1, 0.15) is 17.7 Å². The predicted molar refractivity (Wildman–Crippen MR) is 124 cm³/mol. The molecule has 0 aliphatic heterocycles. The van der Waals surface area contributed by atoms with E-state index in [4.69, 9.17) is 0 Å². The number of nitrogens with one attached hydrogen (secondary N) is 2. The summed E-state index contributed by atoms with van der Waals surface area (Å²) < 4.78 is 15.3. The van der Waals surface area contributed by atoms with Crippen molar-refractivity contribution >= 4 is 17.5 Å². The maximum atomic E-state index is 13.5. The van der Waals surface area contributed by atoms with Gasteiger partial charge in [-0.25, -0.2) is 9.37 Å². The first-order chi connectivity index (χ1) is 15.9. The molecule has 0 saturated heterocycles. The summed E-state index contributed by atoms with van der Waals surface area (Å²) >= 11 is 0. The van der Waals surface area contributed by atoms with Gasteiger partial charge in [-0.1, -0.05) is 36.4 Å². The fourth-order valence-corrected chi connectivity index (χ4v) is 3.50. The minimum absolute atomic E-state index is 0.256. The average molecular weight is 442 g/mol. The molecule has 166 valence electrons. The highest BCUT2D eigenvalue weighted by atomic mass is 19.1. The van der Waals surface area contributed by atoms with E-state index in [1.165, 1.54) is 12.1 Å². The third-order valence-electron chi connectivity index (χ3n) is 5.38. The lowest BCUT2D eigenvalue weighted by atomic mass is 10.0. The lowest BCUT2D eigenvalue weighted by Gasteiger charge is -2.20. The van der Waals surface area contributed by atoms with Gasteiger partial charge in [-0.3, -0.25) is 9.59 Å². The van der Waals surface area contributed by atoms with Crippen LogP contribution in [0.1, 0.15) is 43.7 Å². The number of rotatable bonds is 6. The summed E-state index contributed by atoms with van der Waals surface area (Å²) in [6, 6.07) is 19.3. The molecule has 0 radical (unpaired) electrons. The quantitative estimate of drug-likeness (QED) is 0.457. The minimum Gasteiger partial charge on any atom is -0.338 e. The summed E-state index contributed by atoms with van der Waals surface area (Å²) in [4.78, 5) is 30.1. The van der Waals surface area contributed by atoms with E-state index in [-0.39, 0.29) is 17.6 Å². The van der Waals surface area contributed by atoms with E-state index in [1.807, 2.05) is 20.0 Å². The Labute approximate surface area is 191 Å². The summed E-state index contributed by atoms with van der Waals surface area (Å²) in [6.07, 6.45) is 3.42. The fraction of sp³-hybridized carbons (Fsp3) is 0.115. The van der Waals surface area contributed by atoms with Crippen molar-refractivity contribution < 1.29 is 14.0 Å². The second kappa shape index (κ2) is 9.48. The lowest BCUT2D eigenvalue weighted by Crippen LogP contribution is -2.31. The molecule has 0 aliphatic rings. The molecule has 4 aromatic rings. The number of aromatic nitrogens is 2. The molecule has 1 unspecified atom stereocenters. The molecule has 0 fully saturated rings. The van der Waals surface area contributed by atoms with Crippen LogP contribution in [0.2, 0.25) is 0 Å². The standard InChI is InChI=1S/C26H23FN4O2/c1-17-8-9-20(16-22(17)29-25(32)19-6-4-3-5-7-19)26(33)30-23(24-28-14-15-31(24)2)18-10-12-21(27)13-11-18/h3-16,23H,1-2H3,(H,29,32)(H,30,33). The predicted octanol–water partition coefficient (Wildman–Crippen LogP) is 4.64. The Kier molecular flexibility index (Phi) is 6.31. The Morgan fingerprint density at radius 1 is 0.939 bits per heavy atom. The second-order valence-electron chi connectivity index (χ2n) is 7.70. The SMILES string of the molecule is Cc1ccc(C(=O)NC(c2ccc(F)cc2)c2nccn2C)cc1NC(=O)c1ccccc1. The van der Waals surface area contributed by atoms with Crippen LogP contribution in [-0.4, -0.2) is 21.4 Å². The number of amides is 2. The van der Waals surface area contributed by atoms with Gasteiger partial charge in [0.25, 0.3) is 11.8 Å². The molecule has 7 heteroatoms.